The molecule has 0 aromatic heterocycles. The Kier molecular flexibility index (Phi) is 4.89. The number of alkyl halides is 3. The van der Waals surface area contributed by atoms with Gasteiger partial charge in [0.1, 0.15) is 5.54 Å². The minimum absolute atomic E-state index is 0.135. The van der Waals surface area contributed by atoms with Gasteiger partial charge in [0.2, 0.25) is 0 Å². The van der Waals surface area contributed by atoms with E-state index in [0.29, 0.717) is 28.3 Å². The van der Waals surface area contributed by atoms with E-state index in [2.05, 4.69) is 10.6 Å². The topological polar surface area (TPSA) is 67.4 Å². The second-order valence-electron chi connectivity index (χ2n) is 6.80. The van der Waals surface area contributed by atoms with Crippen molar-refractivity contribution in [3.63, 3.8) is 0 Å². The molecule has 8 heteroatoms. The van der Waals surface area contributed by atoms with Gasteiger partial charge >= 0.3 is 12.1 Å². The zero-order chi connectivity index (χ0) is 20.5. The number of carbonyl (C=O) groups is 2. The molecule has 1 aliphatic heterocycles. The van der Waals surface area contributed by atoms with Crippen molar-refractivity contribution in [3.8, 4) is 5.75 Å². The first-order valence-corrected chi connectivity index (χ1v) is 8.35. The molecule has 0 aliphatic carbocycles. The third-order valence-corrected chi connectivity index (χ3v) is 4.04. The van der Waals surface area contributed by atoms with Crippen LogP contribution in [0, 0.1) is 0 Å². The molecule has 3 rings (SSSR count). The molecule has 0 atom stereocenters. The van der Waals surface area contributed by atoms with E-state index < -0.39 is 23.6 Å². The number of allylic oxidation sites excluding steroid dienone is 1. The largest absolute Gasteiger partial charge is 0.423 e. The summed E-state index contributed by atoms with van der Waals surface area (Å²) >= 11 is 0. The van der Waals surface area contributed by atoms with Crippen LogP contribution in [0.25, 0.3) is 6.08 Å². The molecule has 1 aliphatic rings. The van der Waals surface area contributed by atoms with Crippen molar-refractivity contribution in [2.75, 3.05) is 10.6 Å². The number of amides is 1. The van der Waals surface area contributed by atoms with Gasteiger partial charge in [0.05, 0.1) is 5.69 Å². The predicted molar refractivity (Wildman–Crippen MR) is 99.3 cm³/mol. The van der Waals surface area contributed by atoms with E-state index >= 15 is 0 Å². The first kappa shape index (κ1) is 19.5. The highest BCUT2D eigenvalue weighted by Crippen LogP contribution is 2.35. The molecule has 5 nitrogen and oxygen atoms in total. The van der Waals surface area contributed by atoms with Gasteiger partial charge in [-0.3, -0.25) is 4.79 Å². The lowest BCUT2D eigenvalue weighted by atomic mass is 10.0. The monoisotopic (exact) mass is 390 g/mol. The quantitative estimate of drug-likeness (QED) is 0.593. The normalized spacial score (nSPS) is 15.5. The van der Waals surface area contributed by atoms with Gasteiger partial charge in [-0.2, -0.15) is 13.2 Å². The molecule has 0 radical (unpaired) electrons. The predicted octanol–water partition coefficient (Wildman–Crippen LogP) is 4.62. The highest BCUT2D eigenvalue weighted by Gasteiger charge is 2.35. The van der Waals surface area contributed by atoms with Crippen LogP contribution in [0.5, 0.6) is 5.75 Å². The second-order valence-corrected chi connectivity index (χ2v) is 6.80. The summed E-state index contributed by atoms with van der Waals surface area (Å²) in [6.45, 7) is 3.36. The summed E-state index contributed by atoms with van der Waals surface area (Å²) in [5.74, 6) is -0.460. The molecule has 1 amide bonds. The fourth-order valence-corrected chi connectivity index (χ4v) is 2.55. The van der Waals surface area contributed by atoms with Crippen LogP contribution in [-0.2, 0) is 4.79 Å². The van der Waals surface area contributed by atoms with Crippen LogP contribution in [0.4, 0.5) is 24.5 Å². The summed E-state index contributed by atoms with van der Waals surface area (Å²) in [5, 5.41) is 5.75. The van der Waals surface area contributed by atoms with Crippen LogP contribution < -0.4 is 15.4 Å². The maximum atomic E-state index is 12.4. The number of hydrogen-bond donors (Lipinski definition) is 2. The van der Waals surface area contributed by atoms with E-state index in [4.69, 9.17) is 4.74 Å². The lowest BCUT2D eigenvalue weighted by Crippen LogP contribution is -2.46. The minimum atomic E-state index is -4.39. The Bertz CT molecular complexity index is 948. The Labute approximate surface area is 159 Å². The van der Waals surface area contributed by atoms with E-state index in [1.54, 1.807) is 32.0 Å². The minimum Gasteiger partial charge on any atom is -0.423 e. The zero-order valence-electron chi connectivity index (χ0n) is 15.1. The summed E-state index contributed by atoms with van der Waals surface area (Å²) in [7, 11) is 0. The van der Waals surface area contributed by atoms with E-state index in [1.807, 2.05) is 0 Å². The molecule has 2 N–H and O–H groups in total. The summed E-state index contributed by atoms with van der Waals surface area (Å²) < 4.78 is 41.8. The smallest absolute Gasteiger partial charge is 0.409 e. The summed E-state index contributed by atoms with van der Waals surface area (Å²) in [6, 6.07) is 10.5. The first-order chi connectivity index (χ1) is 13.0. The molecule has 1 heterocycles. The Morgan fingerprint density at radius 1 is 1.14 bits per heavy atom. The molecule has 2 aromatic rings. The van der Waals surface area contributed by atoms with Gasteiger partial charge in [-0.1, -0.05) is 18.2 Å². The molecular weight excluding hydrogens is 373 g/mol. The Balaban J connectivity index is 1.72. The van der Waals surface area contributed by atoms with Crippen LogP contribution in [0.15, 0.2) is 48.5 Å². The number of nitrogens with one attached hydrogen (secondary N) is 2. The fraction of sp³-hybridized carbons (Fsp3) is 0.200. The lowest BCUT2D eigenvalue weighted by molar-refractivity contribution is -0.139. The lowest BCUT2D eigenvalue weighted by Gasteiger charge is -2.31. The molecule has 0 fully saturated rings. The van der Waals surface area contributed by atoms with Crippen LogP contribution in [0.2, 0.25) is 0 Å². The van der Waals surface area contributed by atoms with Crippen LogP contribution in [-0.4, -0.2) is 23.6 Å². The maximum Gasteiger partial charge on any atom is 0.409 e. The molecule has 0 saturated heterocycles. The van der Waals surface area contributed by atoms with Gasteiger partial charge in [0.25, 0.3) is 5.91 Å². The first-order valence-electron chi connectivity index (χ1n) is 8.35. The number of anilines is 2. The number of fused-ring (bicyclic) bond motifs is 1. The third kappa shape index (κ3) is 4.51. The molecule has 0 spiro atoms. The van der Waals surface area contributed by atoms with E-state index in [1.165, 1.54) is 24.3 Å². The number of ether oxygens (including phenoxy) is 1. The van der Waals surface area contributed by atoms with Gasteiger partial charge < -0.3 is 15.4 Å². The van der Waals surface area contributed by atoms with E-state index in [0.717, 1.165) is 6.08 Å². The molecule has 0 unspecified atom stereocenters. The molecule has 146 valence electrons. The van der Waals surface area contributed by atoms with Crippen molar-refractivity contribution in [2.24, 2.45) is 0 Å². The number of esters is 1. The SMILES string of the molecule is CC1(C)Nc2cc(NC(=O)c3ccc(C=CC(F)(F)F)cc3)ccc2OC1=O. The third-order valence-electron chi connectivity index (χ3n) is 4.04. The number of halogens is 3. The number of benzene rings is 2. The van der Waals surface area contributed by atoms with E-state index in [9.17, 15) is 22.8 Å². The average Bonchev–Trinajstić information content (AvgIpc) is 2.60. The maximum absolute atomic E-state index is 12.4. The fourth-order valence-electron chi connectivity index (χ4n) is 2.55. The Morgan fingerprint density at radius 2 is 1.82 bits per heavy atom. The summed E-state index contributed by atoms with van der Waals surface area (Å²) in [5.41, 5.74) is 0.772. The Morgan fingerprint density at radius 3 is 2.46 bits per heavy atom. The summed E-state index contributed by atoms with van der Waals surface area (Å²) in [6.07, 6.45) is -3.32. The highest BCUT2D eigenvalue weighted by molar-refractivity contribution is 6.05. The molecule has 0 bridgehead atoms. The second kappa shape index (κ2) is 7.03. The van der Waals surface area contributed by atoms with Crippen LogP contribution >= 0.6 is 0 Å². The van der Waals surface area contributed by atoms with Crippen molar-refractivity contribution >= 4 is 29.3 Å². The average molecular weight is 390 g/mol. The number of hydrogen-bond acceptors (Lipinski definition) is 4. The zero-order valence-corrected chi connectivity index (χ0v) is 15.1. The number of carbonyl (C=O) groups excluding carboxylic acids is 2. The molecule has 2 aromatic carbocycles. The Hall–Kier alpha value is -3.29. The summed E-state index contributed by atoms with van der Waals surface area (Å²) in [4.78, 5) is 24.2. The van der Waals surface area contributed by atoms with E-state index in [-0.39, 0.29) is 6.08 Å². The van der Waals surface area contributed by atoms with Crippen LogP contribution in [0.1, 0.15) is 29.8 Å². The van der Waals surface area contributed by atoms with Crippen molar-refractivity contribution in [1.82, 2.24) is 0 Å². The molecule has 0 saturated carbocycles. The van der Waals surface area contributed by atoms with Gasteiger partial charge in [-0.25, -0.2) is 4.79 Å². The highest BCUT2D eigenvalue weighted by atomic mass is 19.4. The van der Waals surface area contributed by atoms with Crippen molar-refractivity contribution in [2.45, 2.75) is 25.6 Å². The van der Waals surface area contributed by atoms with Gasteiger partial charge in [0.15, 0.2) is 5.75 Å². The van der Waals surface area contributed by atoms with Gasteiger partial charge in [0, 0.05) is 17.3 Å². The van der Waals surface area contributed by atoms with Crippen molar-refractivity contribution < 1.29 is 27.5 Å². The van der Waals surface area contributed by atoms with Gasteiger partial charge in [-0.05, 0) is 49.7 Å². The molecular formula is C20H17F3N2O3. The van der Waals surface area contributed by atoms with Crippen LogP contribution in [0.3, 0.4) is 0 Å². The number of rotatable bonds is 3. The standard InChI is InChI=1S/C20H17F3N2O3/c1-19(2)18(27)28-16-8-7-14(11-15(16)25-19)24-17(26)13-5-3-12(4-6-13)9-10-20(21,22)23/h3-11,25H,1-2H3,(H,24,26). The van der Waals surface area contributed by atoms with Crippen molar-refractivity contribution in [1.29, 1.82) is 0 Å². The van der Waals surface area contributed by atoms with Crippen molar-refractivity contribution in [3.05, 3.63) is 59.7 Å². The molecule has 28 heavy (non-hydrogen) atoms. The van der Waals surface area contributed by atoms with Gasteiger partial charge in [-0.15, -0.1) is 0 Å².